The number of phenolic OH excluding ortho intramolecular Hbond substituents is 2. The number of nitrogens with two attached hydrogens (primary N) is 1. The van der Waals surface area contributed by atoms with Crippen molar-refractivity contribution in [2.75, 3.05) is 0 Å². The number of phenols is 2. The highest BCUT2D eigenvalue weighted by Gasteiger charge is 2.09. The van der Waals surface area contributed by atoms with Crippen LogP contribution in [0.2, 0.25) is 0 Å². The maximum atomic E-state index is 9.44. The van der Waals surface area contributed by atoms with Crippen molar-refractivity contribution in [2.24, 2.45) is 5.73 Å². The number of hydrogen-bond acceptors (Lipinski definition) is 3. The lowest BCUT2D eigenvalue weighted by atomic mass is 10.1. The van der Waals surface area contributed by atoms with Crippen LogP contribution < -0.4 is 5.73 Å². The zero-order valence-corrected chi connectivity index (χ0v) is 8.87. The topological polar surface area (TPSA) is 66.5 Å². The molecule has 0 saturated heterocycles. The molecule has 1 atom stereocenters. The molecule has 3 nitrogen and oxygen atoms in total. The molecule has 0 bridgehead atoms. The molecule has 4 N–H and O–H groups in total. The zero-order chi connectivity index (χ0) is 10.0. The van der Waals surface area contributed by atoms with E-state index >= 15 is 0 Å². The van der Waals surface area contributed by atoms with Crippen molar-refractivity contribution in [3.05, 3.63) is 22.2 Å². The van der Waals surface area contributed by atoms with Crippen LogP contribution in [0.1, 0.15) is 12.5 Å². The molecular weight excluding hydrogens is 234 g/mol. The Balaban J connectivity index is 3.05. The second-order valence-corrected chi connectivity index (χ2v) is 4.03. The lowest BCUT2D eigenvalue weighted by molar-refractivity contribution is 0.398. The smallest absolute Gasteiger partial charge is 0.160 e. The second kappa shape index (κ2) is 3.98. The predicted molar refractivity (Wildman–Crippen MR) is 54.8 cm³/mol. The lowest BCUT2D eigenvalue weighted by Crippen LogP contribution is -2.17. The summed E-state index contributed by atoms with van der Waals surface area (Å²) in [6.07, 6.45) is 0.541. The van der Waals surface area contributed by atoms with Crippen molar-refractivity contribution in [3.63, 3.8) is 0 Å². The van der Waals surface area contributed by atoms with E-state index < -0.39 is 0 Å². The summed E-state index contributed by atoms with van der Waals surface area (Å²) >= 11 is 3.23. The van der Waals surface area contributed by atoms with Crippen LogP contribution in [0.3, 0.4) is 0 Å². The molecule has 0 saturated carbocycles. The van der Waals surface area contributed by atoms with Crippen LogP contribution in [-0.2, 0) is 6.42 Å². The highest BCUT2D eigenvalue weighted by atomic mass is 79.9. The first-order chi connectivity index (χ1) is 6.00. The standard InChI is InChI=1S/C9H12BrNO2/c1-5(11)2-6-3-7(10)4-8(12)9(6)13/h3-5,12-13H,2,11H2,1H3. The summed E-state index contributed by atoms with van der Waals surface area (Å²) < 4.78 is 0.735. The summed E-state index contributed by atoms with van der Waals surface area (Å²) in [7, 11) is 0. The van der Waals surface area contributed by atoms with Crippen LogP contribution in [0.25, 0.3) is 0 Å². The van der Waals surface area contributed by atoms with Gasteiger partial charge in [-0.05, 0) is 25.5 Å². The van der Waals surface area contributed by atoms with Gasteiger partial charge >= 0.3 is 0 Å². The maximum Gasteiger partial charge on any atom is 0.160 e. The van der Waals surface area contributed by atoms with Gasteiger partial charge < -0.3 is 15.9 Å². The van der Waals surface area contributed by atoms with Crippen LogP contribution >= 0.6 is 15.9 Å². The maximum absolute atomic E-state index is 9.44. The van der Waals surface area contributed by atoms with E-state index in [0.29, 0.717) is 12.0 Å². The predicted octanol–water partition coefficient (Wildman–Crippen LogP) is 1.75. The van der Waals surface area contributed by atoms with Crippen LogP contribution in [0.15, 0.2) is 16.6 Å². The minimum atomic E-state index is -0.120. The Morgan fingerprint density at radius 3 is 2.62 bits per heavy atom. The van der Waals surface area contributed by atoms with Crippen molar-refractivity contribution in [3.8, 4) is 11.5 Å². The SMILES string of the molecule is CC(N)Cc1cc(Br)cc(O)c1O. The van der Waals surface area contributed by atoms with E-state index in [9.17, 15) is 10.2 Å². The van der Waals surface area contributed by atoms with Crippen molar-refractivity contribution in [2.45, 2.75) is 19.4 Å². The van der Waals surface area contributed by atoms with Gasteiger partial charge in [-0.1, -0.05) is 15.9 Å². The van der Waals surface area contributed by atoms with E-state index in [2.05, 4.69) is 15.9 Å². The van der Waals surface area contributed by atoms with Crippen LogP contribution in [0.5, 0.6) is 11.5 Å². The molecule has 0 spiro atoms. The van der Waals surface area contributed by atoms with Gasteiger partial charge in [0, 0.05) is 16.1 Å². The quantitative estimate of drug-likeness (QED) is 0.696. The summed E-state index contributed by atoms with van der Waals surface area (Å²) in [5.41, 5.74) is 6.24. The molecule has 0 aromatic heterocycles. The van der Waals surface area contributed by atoms with Crippen molar-refractivity contribution in [1.29, 1.82) is 0 Å². The molecule has 72 valence electrons. The molecular formula is C9H12BrNO2. The molecule has 0 amide bonds. The van der Waals surface area contributed by atoms with Crippen LogP contribution in [0.4, 0.5) is 0 Å². The Morgan fingerprint density at radius 1 is 1.46 bits per heavy atom. The normalized spacial score (nSPS) is 12.8. The number of hydrogen-bond donors (Lipinski definition) is 3. The first-order valence-corrected chi connectivity index (χ1v) is 4.76. The van der Waals surface area contributed by atoms with Gasteiger partial charge in [0.25, 0.3) is 0 Å². The average Bonchev–Trinajstić information content (AvgIpc) is 1.98. The fourth-order valence-electron chi connectivity index (χ4n) is 1.14. The van der Waals surface area contributed by atoms with Gasteiger partial charge in [0.1, 0.15) is 0 Å². The minimum Gasteiger partial charge on any atom is -0.504 e. The highest BCUT2D eigenvalue weighted by molar-refractivity contribution is 9.10. The highest BCUT2D eigenvalue weighted by Crippen LogP contribution is 2.33. The molecule has 1 aromatic carbocycles. The van der Waals surface area contributed by atoms with Crippen LogP contribution in [0, 0.1) is 0 Å². The first kappa shape index (κ1) is 10.3. The van der Waals surface area contributed by atoms with Gasteiger partial charge in [0.05, 0.1) is 0 Å². The fraction of sp³-hybridized carbons (Fsp3) is 0.333. The molecule has 13 heavy (non-hydrogen) atoms. The molecule has 0 aliphatic rings. The number of rotatable bonds is 2. The lowest BCUT2D eigenvalue weighted by Gasteiger charge is -2.09. The Bertz CT molecular complexity index is 313. The van der Waals surface area contributed by atoms with E-state index in [1.165, 1.54) is 6.07 Å². The summed E-state index contributed by atoms with van der Waals surface area (Å²) in [5.74, 6) is -0.203. The van der Waals surface area contributed by atoms with E-state index in [0.717, 1.165) is 4.47 Å². The van der Waals surface area contributed by atoms with Gasteiger partial charge in [-0.15, -0.1) is 0 Å². The number of benzene rings is 1. The number of halogens is 1. The summed E-state index contributed by atoms with van der Waals surface area (Å²) in [6.45, 7) is 1.84. The van der Waals surface area contributed by atoms with Gasteiger partial charge in [0.15, 0.2) is 11.5 Å². The van der Waals surface area contributed by atoms with Crippen LogP contribution in [-0.4, -0.2) is 16.3 Å². The van der Waals surface area contributed by atoms with Crippen molar-refractivity contribution >= 4 is 15.9 Å². The summed E-state index contributed by atoms with van der Waals surface area (Å²) in [4.78, 5) is 0. The minimum absolute atomic E-state index is 0.0420. The Kier molecular flexibility index (Phi) is 3.17. The monoisotopic (exact) mass is 245 g/mol. The molecule has 1 rings (SSSR count). The molecule has 0 aliphatic heterocycles. The van der Waals surface area contributed by atoms with E-state index in [1.54, 1.807) is 6.07 Å². The molecule has 1 aromatic rings. The molecule has 0 aliphatic carbocycles. The number of aromatic hydroxyl groups is 2. The third-order valence-corrected chi connectivity index (χ3v) is 2.13. The Labute approximate surface area is 85.3 Å². The van der Waals surface area contributed by atoms with E-state index in [1.807, 2.05) is 6.92 Å². The fourth-order valence-corrected chi connectivity index (χ4v) is 1.64. The molecule has 0 radical (unpaired) electrons. The Hall–Kier alpha value is -0.740. The molecule has 4 heteroatoms. The largest absolute Gasteiger partial charge is 0.504 e. The van der Waals surface area contributed by atoms with Crippen molar-refractivity contribution < 1.29 is 10.2 Å². The molecule has 0 fully saturated rings. The third kappa shape index (κ3) is 2.60. The molecule has 1 unspecified atom stereocenters. The average molecular weight is 246 g/mol. The van der Waals surface area contributed by atoms with Gasteiger partial charge in [0.2, 0.25) is 0 Å². The first-order valence-electron chi connectivity index (χ1n) is 3.96. The summed E-state index contributed by atoms with van der Waals surface area (Å²) in [5, 5.41) is 18.7. The van der Waals surface area contributed by atoms with Gasteiger partial charge in [-0.2, -0.15) is 0 Å². The van der Waals surface area contributed by atoms with E-state index in [-0.39, 0.29) is 17.5 Å². The Morgan fingerprint density at radius 2 is 2.08 bits per heavy atom. The van der Waals surface area contributed by atoms with Crippen molar-refractivity contribution in [1.82, 2.24) is 0 Å². The third-order valence-electron chi connectivity index (χ3n) is 1.68. The van der Waals surface area contributed by atoms with Gasteiger partial charge in [-0.3, -0.25) is 0 Å². The zero-order valence-electron chi connectivity index (χ0n) is 7.29. The molecule has 0 heterocycles. The summed E-state index contributed by atoms with van der Waals surface area (Å²) in [6, 6.07) is 3.15. The second-order valence-electron chi connectivity index (χ2n) is 3.11. The van der Waals surface area contributed by atoms with Gasteiger partial charge in [-0.25, -0.2) is 0 Å². The van der Waals surface area contributed by atoms with E-state index in [4.69, 9.17) is 5.73 Å².